The Labute approximate surface area is 88.3 Å². The Kier molecular flexibility index (Phi) is 1.47. The largest absolute Gasteiger partial charge is 0.345 e. The average molecular weight is 201 g/mol. The van der Waals surface area contributed by atoms with Crippen molar-refractivity contribution in [3.8, 4) is 0 Å². The van der Waals surface area contributed by atoms with E-state index in [0.717, 1.165) is 23.7 Å². The molecule has 4 rings (SSSR count). The highest BCUT2D eigenvalue weighted by Gasteiger charge is 2.43. The van der Waals surface area contributed by atoms with Gasteiger partial charge in [-0.3, -0.25) is 0 Å². The highest BCUT2D eigenvalue weighted by Crippen LogP contribution is 2.45. The number of aromatic amines is 1. The smallest absolute Gasteiger partial charge is 0.0931 e. The number of nitrogens with zero attached hydrogens (tertiary/aromatic N) is 1. The standard InChI is InChI=1S/C12H15N3/c1-7-4-13-5-8(1)10-3-12-11(2-9(7)10)14-6-15-12/h2-3,6-10,13H,1,4-5H2,(H,14,15). The van der Waals surface area contributed by atoms with Crippen LogP contribution >= 0.6 is 0 Å². The van der Waals surface area contributed by atoms with E-state index in [1.807, 2.05) is 6.33 Å². The first kappa shape index (κ1) is 8.11. The molecule has 3 aliphatic rings. The lowest BCUT2D eigenvalue weighted by Gasteiger charge is -2.20. The minimum absolute atomic E-state index is 0.737. The summed E-state index contributed by atoms with van der Waals surface area (Å²) in [6.07, 6.45) is 8.03. The van der Waals surface area contributed by atoms with E-state index in [0.29, 0.717) is 0 Å². The predicted molar refractivity (Wildman–Crippen MR) is 58.2 cm³/mol. The molecular weight excluding hydrogens is 186 g/mol. The van der Waals surface area contributed by atoms with Crippen LogP contribution in [-0.2, 0) is 0 Å². The molecule has 4 atom stereocenters. The van der Waals surface area contributed by atoms with E-state index in [1.54, 1.807) is 0 Å². The summed E-state index contributed by atoms with van der Waals surface area (Å²) in [6.45, 7) is 2.40. The number of imidazole rings is 1. The summed E-state index contributed by atoms with van der Waals surface area (Å²) in [7, 11) is 0. The van der Waals surface area contributed by atoms with E-state index in [9.17, 15) is 0 Å². The third-order valence-electron chi connectivity index (χ3n) is 4.36. The van der Waals surface area contributed by atoms with Gasteiger partial charge in [0.05, 0.1) is 17.0 Å². The molecule has 2 bridgehead atoms. The fraction of sp³-hybridized carbons (Fsp3) is 0.583. The highest BCUT2D eigenvalue weighted by atomic mass is 14.9. The van der Waals surface area contributed by atoms with E-state index in [2.05, 4.69) is 27.4 Å². The number of aromatic nitrogens is 2. The van der Waals surface area contributed by atoms with Crippen LogP contribution in [0.3, 0.4) is 0 Å². The molecule has 1 saturated carbocycles. The van der Waals surface area contributed by atoms with Gasteiger partial charge in [0.1, 0.15) is 0 Å². The van der Waals surface area contributed by atoms with Crippen LogP contribution in [0, 0.1) is 23.7 Å². The summed E-state index contributed by atoms with van der Waals surface area (Å²) in [5.74, 6) is 3.18. The van der Waals surface area contributed by atoms with E-state index in [1.165, 1.54) is 30.2 Å². The van der Waals surface area contributed by atoms with Crippen LogP contribution in [0.1, 0.15) is 6.42 Å². The molecule has 0 spiro atoms. The fourth-order valence-electron chi connectivity index (χ4n) is 3.67. The lowest BCUT2D eigenvalue weighted by atomic mass is 9.85. The molecule has 0 radical (unpaired) electrons. The van der Waals surface area contributed by atoms with Gasteiger partial charge in [-0.05, 0) is 43.2 Å². The number of nitrogens with one attached hydrogen (secondary N) is 2. The highest BCUT2D eigenvalue weighted by molar-refractivity contribution is 5.42. The van der Waals surface area contributed by atoms with Crippen LogP contribution in [0.4, 0.5) is 0 Å². The quantitative estimate of drug-likeness (QED) is 0.591. The normalized spacial score (nSPS) is 41.3. The first-order valence-electron chi connectivity index (χ1n) is 5.85. The monoisotopic (exact) mass is 201 g/mol. The maximum atomic E-state index is 4.37. The zero-order valence-corrected chi connectivity index (χ0v) is 8.61. The molecule has 0 amide bonds. The maximum Gasteiger partial charge on any atom is 0.0931 e. The summed E-state index contributed by atoms with van der Waals surface area (Å²) in [5.41, 5.74) is 0. The second kappa shape index (κ2) is 2.73. The molecule has 2 N–H and O–H groups in total. The van der Waals surface area contributed by atoms with Crippen molar-refractivity contribution in [2.24, 2.45) is 23.7 Å². The van der Waals surface area contributed by atoms with Crippen LogP contribution in [-0.4, -0.2) is 23.1 Å². The molecule has 3 heteroatoms. The number of hydrogen-bond donors (Lipinski definition) is 2. The van der Waals surface area contributed by atoms with Gasteiger partial charge >= 0.3 is 0 Å². The lowest BCUT2D eigenvalue weighted by molar-refractivity contribution is 0.364. The number of rotatable bonds is 0. The SMILES string of the molecule is C1=c2nc[nH]c2=CC2C3CNCC(C3)C12. The van der Waals surface area contributed by atoms with E-state index in [-0.39, 0.29) is 0 Å². The van der Waals surface area contributed by atoms with E-state index in [4.69, 9.17) is 0 Å². The van der Waals surface area contributed by atoms with Crippen LogP contribution < -0.4 is 16.0 Å². The van der Waals surface area contributed by atoms with Crippen molar-refractivity contribution >= 4 is 12.2 Å². The van der Waals surface area contributed by atoms with Gasteiger partial charge in [0.15, 0.2) is 0 Å². The summed E-state index contributed by atoms with van der Waals surface area (Å²) in [5, 5.41) is 5.96. The van der Waals surface area contributed by atoms with Crippen molar-refractivity contribution in [1.82, 2.24) is 15.3 Å². The molecule has 3 nitrogen and oxygen atoms in total. The van der Waals surface area contributed by atoms with Crippen LogP contribution in [0.2, 0.25) is 0 Å². The predicted octanol–water partition coefficient (Wildman–Crippen LogP) is -0.544. The van der Waals surface area contributed by atoms with Crippen LogP contribution in [0.25, 0.3) is 12.2 Å². The maximum absolute atomic E-state index is 4.37. The number of piperidine rings is 1. The Morgan fingerprint density at radius 1 is 1.13 bits per heavy atom. The number of fused-ring (bicyclic) bond motifs is 6. The molecule has 2 aliphatic carbocycles. The van der Waals surface area contributed by atoms with Crippen molar-refractivity contribution in [3.05, 3.63) is 17.0 Å². The second-order valence-electron chi connectivity index (χ2n) is 5.10. The molecular formula is C12H15N3. The fourth-order valence-corrected chi connectivity index (χ4v) is 3.67. The molecule has 1 aliphatic heterocycles. The van der Waals surface area contributed by atoms with Crippen molar-refractivity contribution < 1.29 is 0 Å². The van der Waals surface area contributed by atoms with Gasteiger partial charge in [-0.15, -0.1) is 0 Å². The van der Waals surface area contributed by atoms with Crippen molar-refractivity contribution in [3.63, 3.8) is 0 Å². The van der Waals surface area contributed by atoms with Crippen molar-refractivity contribution in [2.75, 3.05) is 13.1 Å². The Morgan fingerprint density at radius 2 is 1.93 bits per heavy atom. The topological polar surface area (TPSA) is 40.7 Å². The molecule has 0 aromatic carbocycles. The van der Waals surface area contributed by atoms with Gasteiger partial charge in [0.25, 0.3) is 0 Å². The van der Waals surface area contributed by atoms with Crippen molar-refractivity contribution in [1.29, 1.82) is 0 Å². The Hall–Kier alpha value is -1.09. The molecule has 2 fully saturated rings. The summed E-state index contributed by atoms with van der Waals surface area (Å²) >= 11 is 0. The Balaban J connectivity index is 1.90. The third kappa shape index (κ3) is 1.01. The molecule has 2 heterocycles. The van der Waals surface area contributed by atoms with Gasteiger partial charge in [-0.25, -0.2) is 4.98 Å². The van der Waals surface area contributed by atoms with E-state index >= 15 is 0 Å². The minimum atomic E-state index is 0.737. The van der Waals surface area contributed by atoms with E-state index < -0.39 is 0 Å². The first-order valence-corrected chi connectivity index (χ1v) is 5.85. The zero-order valence-electron chi connectivity index (χ0n) is 8.61. The minimum Gasteiger partial charge on any atom is -0.345 e. The Morgan fingerprint density at radius 3 is 2.80 bits per heavy atom. The van der Waals surface area contributed by atoms with Crippen LogP contribution in [0.15, 0.2) is 6.33 Å². The third-order valence-corrected chi connectivity index (χ3v) is 4.36. The van der Waals surface area contributed by atoms with Gasteiger partial charge < -0.3 is 10.3 Å². The molecule has 4 unspecified atom stereocenters. The van der Waals surface area contributed by atoms with Crippen molar-refractivity contribution in [2.45, 2.75) is 6.42 Å². The number of hydrogen-bond acceptors (Lipinski definition) is 2. The second-order valence-corrected chi connectivity index (χ2v) is 5.10. The Bertz CT molecular complexity index is 459. The lowest BCUT2D eigenvalue weighted by Crippen LogP contribution is -2.34. The average Bonchev–Trinajstić information content (AvgIpc) is 2.82. The first-order chi connectivity index (χ1) is 7.42. The molecule has 1 saturated heterocycles. The van der Waals surface area contributed by atoms with Crippen LogP contribution in [0.5, 0.6) is 0 Å². The molecule has 1 aromatic rings. The molecule has 1 aromatic heterocycles. The summed E-state index contributed by atoms with van der Waals surface area (Å²) in [4.78, 5) is 7.60. The molecule has 15 heavy (non-hydrogen) atoms. The zero-order chi connectivity index (χ0) is 9.83. The summed E-state index contributed by atoms with van der Waals surface area (Å²) < 4.78 is 0. The molecule has 78 valence electrons. The van der Waals surface area contributed by atoms with Gasteiger partial charge in [0, 0.05) is 0 Å². The summed E-state index contributed by atoms with van der Waals surface area (Å²) in [6, 6.07) is 0. The van der Waals surface area contributed by atoms with Gasteiger partial charge in [-0.1, -0.05) is 12.2 Å². The van der Waals surface area contributed by atoms with Gasteiger partial charge in [0.2, 0.25) is 0 Å². The van der Waals surface area contributed by atoms with Gasteiger partial charge in [-0.2, -0.15) is 0 Å². The number of H-pyrrole nitrogens is 1.